The molecule has 92 valence electrons. The maximum absolute atomic E-state index is 5.72. The van der Waals surface area contributed by atoms with Gasteiger partial charge >= 0.3 is 0 Å². The standard InChI is InChI=1S/C15H22N2/c16-9-13-7-8-17(11-13)10-12-1-3-14(4-2-12)15-5-6-15/h1-4,13,15H,5-11,16H2. The molecule has 0 bridgehead atoms. The van der Waals surface area contributed by atoms with Crippen molar-refractivity contribution in [3.63, 3.8) is 0 Å². The van der Waals surface area contributed by atoms with Crippen LogP contribution < -0.4 is 5.73 Å². The molecule has 1 aliphatic carbocycles. The van der Waals surface area contributed by atoms with Crippen molar-refractivity contribution in [2.75, 3.05) is 19.6 Å². The third kappa shape index (κ3) is 2.70. The Labute approximate surface area is 104 Å². The number of hydrogen-bond acceptors (Lipinski definition) is 2. The monoisotopic (exact) mass is 230 g/mol. The molecule has 1 aliphatic heterocycles. The summed E-state index contributed by atoms with van der Waals surface area (Å²) in [5, 5.41) is 0. The fourth-order valence-corrected chi connectivity index (χ4v) is 2.82. The van der Waals surface area contributed by atoms with E-state index in [-0.39, 0.29) is 0 Å². The molecule has 1 atom stereocenters. The molecule has 2 N–H and O–H groups in total. The molecule has 1 saturated carbocycles. The van der Waals surface area contributed by atoms with Crippen LogP contribution in [0.4, 0.5) is 0 Å². The maximum Gasteiger partial charge on any atom is 0.0233 e. The highest BCUT2D eigenvalue weighted by Crippen LogP contribution is 2.39. The quantitative estimate of drug-likeness (QED) is 0.860. The molecular weight excluding hydrogens is 208 g/mol. The third-order valence-electron chi connectivity index (χ3n) is 4.14. The average molecular weight is 230 g/mol. The van der Waals surface area contributed by atoms with Gasteiger partial charge in [-0.1, -0.05) is 24.3 Å². The maximum atomic E-state index is 5.72. The highest BCUT2D eigenvalue weighted by molar-refractivity contribution is 5.28. The molecule has 0 radical (unpaired) electrons. The van der Waals surface area contributed by atoms with Gasteiger partial charge in [-0.15, -0.1) is 0 Å². The molecule has 1 unspecified atom stereocenters. The van der Waals surface area contributed by atoms with Crippen molar-refractivity contribution in [1.29, 1.82) is 0 Å². The SMILES string of the molecule is NCC1CCN(Cc2ccc(C3CC3)cc2)C1. The Hall–Kier alpha value is -0.860. The van der Waals surface area contributed by atoms with E-state index in [0.717, 1.165) is 24.9 Å². The van der Waals surface area contributed by atoms with Crippen LogP contribution in [0.2, 0.25) is 0 Å². The minimum Gasteiger partial charge on any atom is -0.330 e. The zero-order valence-corrected chi connectivity index (χ0v) is 10.4. The molecule has 3 rings (SSSR count). The second-order valence-corrected chi connectivity index (χ2v) is 5.64. The van der Waals surface area contributed by atoms with Crippen LogP contribution in [-0.2, 0) is 6.54 Å². The van der Waals surface area contributed by atoms with Crippen LogP contribution in [0.5, 0.6) is 0 Å². The molecule has 1 aromatic rings. The topological polar surface area (TPSA) is 29.3 Å². The highest BCUT2D eigenvalue weighted by Gasteiger charge is 2.23. The van der Waals surface area contributed by atoms with E-state index in [0.29, 0.717) is 0 Å². The summed E-state index contributed by atoms with van der Waals surface area (Å²) in [5.74, 6) is 1.60. The molecule has 2 heteroatoms. The lowest BCUT2D eigenvalue weighted by molar-refractivity contribution is 0.318. The molecular formula is C15H22N2. The first kappa shape index (κ1) is 11.2. The van der Waals surface area contributed by atoms with Gasteiger partial charge in [0.2, 0.25) is 0 Å². The van der Waals surface area contributed by atoms with Crippen LogP contribution >= 0.6 is 0 Å². The summed E-state index contributed by atoms with van der Waals surface area (Å²) in [6, 6.07) is 9.26. The third-order valence-corrected chi connectivity index (χ3v) is 4.14. The van der Waals surface area contributed by atoms with E-state index in [1.54, 1.807) is 0 Å². The van der Waals surface area contributed by atoms with Gasteiger partial charge in [-0.2, -0.15) is 0 Å². The van der Waals surface area contributed by atoms with Crippen molar-refractivity contribution in [1.82, 2.24) is 4.90 Å². The van der Waals surface area contributed by atoms with E-state index in [4.69, 9.17) is 5.73 Å². The number of likely N-dealkylation sites (tertiary alicyclic amines) is 1. The van der Waals surface area contributed by atoms with Gasteiger partial charge in [-0.25, -0.2) is 0 Å². The van der Waals surface area contributed by atoms with Crippen molar-refractivity contribution >= 4 is 0 Å². The second-order valence-electron chi connectivity index (χ2n) is 5.64. The lowest BCUT2D eigenvalue weighted by atomic mass is 10.1. The Morgan fingerprint density at radius 3 is 2.47 bits per heavy atom. The van der Waals surface area contributed by atoms with Gasteiger partial charge in [-0.3, -0.25) is 4.90 Å². The van der Waals surface area contributed by atoms with Crippen LogP contribution in [0.1, 0.15) is 36.3 Å². The van der Waals surface area contributed by atoms with Crippen molar-refractivity contribution < 1.29 is 0 Å². The number of nitrogens with two attached hydrogens (primary N) is 1. The largest absolute Gasteiger partial charge is 0.330 e. The van der Waals surface area contributed by atoms with E-state index in [2.05, 4.69) is 29.2 Å². The molecule has 2 nitrogen and oxygen atoms in total. The lowest BCUT2D eigenvalue weighted by Crippen LogP contribution is -2.22. The van der Waals surface area contributed by atoms with Gasteiger partial charge in [0, 0.05) is 13.1 Å². The molecule has 2 fully saturated rings. The predicted molar refractivity (Wildman–Crippen MR) is 70.9 cm³/mol. The van der Waals surface area contributed by atoms with Crippen molar-refractivity contribution in [2.24, 2.45) is 11.7 Å². The highest BCUT2D eigenvalue weighted by atomic mass is 15.1. The second kappa shape index (κ2) is 4.79. The Balaban J connectivity index is 1.57. The normalized spacial score (nSPS) is 25.4. The van der Waals surface area contributed by atoms with E-state index in [1.165, 1.54) is 43.5 Å². The molecule has 1 heterocycles. The average Bonchev–Trinajstić information content (AvgIpc) is 3.11. The van der Waals surface area contributed by atoms with Gasteiger partial charge in [0.05, 0.1) is 0 Å². The smallest absolute Gasteiger partial charge is 0.0233 e. The van der Waals surface area contributed by atoms with Gasteiger partial charge in [0.1, 0.15) is 0 Å². The first-order valence-corrected chi connectivity index (χ1v) is 6.86. The van der Waals surface area contributed by atoms with Crippen LogP contribution in [0.15, 0.2) is 24.3 Å². The Morgan fingerprint density at radius 2 is 1.88 bits per heavy atom. The Kier molecular flexibility index (Phi) is 3.17. The molecule has 0 spiro atoms. The lowest BCUT2D eigenvalue weighted by Gasteiger charge is -2.15. The molecule has 0 aromatic heterocycles. The van der Waals surface area contributed by atoms with E-state index >= 15 is 0 Å². The minimum atomic E-state index is 0.723. The molecule has 1 saturated heterocycles. The van der Waals surface area contributed by atoms with Gasteiger partial charge in [-0.05, 0) is 55.3 Å². The zero-order chi connectivity index (χ0) is 11.7. The summed E-state index contributed by atoms with van der Waals surface area (Å²) in [7, 11) is 0. The fourth-order valence-electron chi connectivity index (χ4n) is 2.82. The van der Waals surface area contributed by atoms with E-state index in [1.807, 2.05) is 0 Å². The van der Waals surface area contributed by atoms with Crippen molar-refractivity contribution in [3.8, 4) is 0 Å². The van der Waals surface area contributed by atoms with Crippen LogP contribution in [-0.4, -0.2) is 24.5 Å². The predicted octanol–water partition coefficient (Wildman–Crippen LogP) is 2.34. The molecule has 0 amide bonds. The number of benzene rings is 1. The fraction of sp³-hybridized carbons (Fsp3) is 0.600. The van der Waals surface area contributed by atoms with Crippen LogP contribution in [0.25, 0.3) is 0 Å². The number of hydrogen-bond donors (Lipinski definition) is 1. The van der Waals surface area contributed by atoms with Gasteiger partial charge < -0.3 is 5.73 Å². The Bertz CT molecular complexity index is 367. The Morgan fingerprint density at radius 1 is 1.12 bits per heavy atom. The van der Waals surface area contributed by atoms with E-state index in [9.17, 15) is 0 Å². The first-order valence-electron chi connectivity index (χ1n) is 6.86. The molecule has 1 aromatic carbocycles. The summed E-state index contributed by atoms with van der Waals surface area (Å²) >= 11 is 0. The van der Waals surface area contributed by atoms with Crippen LogP contribution in [0, 0.1) is 5.92 Å². The first-order chi connectivity index (χ1) is 8.35. The minimum absolute atomic E-state index is 0.723. The molecule has 2 aliphatic rings. The van der Waals surface area contributed by atoms with Crippen LogP contribution in [0.3, 0.4) is 0 Å². The summed E-state index contributed by atoms with van der Waals surface area (Å²) in [6.45, 7) is 4.34. The van der Waals surface area contributed by atoms with Gasteiger partial charge in [0.15, 0.2) is 0 Å². The van der Waals surface area contributed by atoms with Gasteiger partial charge in [0.25, 0.3) is 0 Å². The van der Waals surface area contributed by atoms with Crippen molar-refractivity contribution in [2.45, 2.75) is 31.7 Å². The summed E-state index contributed by atoms with van der Waals surface area (Å²) in [5.41, 5.74) is 8.71. The summed E-state index contributed by atoms with van der Waals surface area (Å²) < 4.78 is 0. The number of nitrogens with zero attached hydrogens (tertiary/aromatic N) is 1. The zero-order valence-electron chi connectivity index (χ0n) is 10.4. The summed E-state index contributed by atoms with van der Waals surface area (Å²) in [6.07, 6.45) is 4.06. The molecule has 17 heavy (non-hydrogen) atoms. The number of rotatable bonds is 4. The van der Waals surface area contributed by atoms with Crippen molar-refractivity contribution in [3.05, 3.63) is 35.4 Å². The summed E-state index contributed by atoms with van der Waals surface area (Å²) in [4.78, 5) is 2.53. The van der Waals surface area contributed by atoms with E-state index < -0.39 is 0 Å².